The molecule has 4 nitrogen and oxygen atoms in total. The summed E-state index contributed by atoms with van der Waals surface area (Å²) in [6.45, 7) is 2.58. The third-order valence-corrected chi connectivity index (χ3v) is 2.27. The van der Waals surface area contributed by atoms with Gasteiger partial charge in [-0.05, 0) is 32.0 Å². The molecule has 2 N–H and O–H groups in total. The van der Waals surface area contributed by atoms with Gasteiger partial charge in [-0.3, -0.25) is 0 Å². The molecular formula is C12H19NO3. The van der Waals surface area contributed by atoms with Gasteiger partial charge in [-0.15, -0.1) is 0 Å². The van der Waals surface area contributed by atoms with E-state index >= 15 is 0 Å². The van der Waals surface area contributed by atoms with Gasteiger partial charge in [-0.25, -0.2) is 0 Å². The molecule has 1 rings (SSSR count). The average molecular weight is 225 g/mol. The van der Waals surface area contributed by atoms with E-state index in [0.29, 0.717) is 23.8 Å². The Morgan fingerprint density at radius 2 is 1.88 bits per heavy atom. The number of methoxy groups -OCH3 is 2. The second-order valence-electron chi connectivity index (χ2n) is 3.50. The molecule has 0 aliphatic rings. The van der Waals surface area contributed by atoms with Crippen molar-refractivity contribution >= 4 is 0 Å². The fourth-order valence-electron chi connectivity index (χ4n) is 1.46. The third-order valence-electron chi connectivity index (χ3n) is 2.27. The van der Waals surface area contributed by atoms with Crippen LogP contribution in [-0.2, 0) is 0 Å². The minimum Gasteiger partial charge on any atom is -0.493 e. The van der Waals surface area contributed by atoms with Crippen LogP contribution >= 0.6 is 0 Å². The molecule has 0 spiro atoms. The molecule has 0 fully saturated rings. The molecule has 1 aromatic rings. The number of hydrogen-bond acceptors (Lipinski definition) is 4. The zero-order valence-corrected chi connectivity index (χ0v) is 10.0. The van der Waals surface area contributed by atoms with Crippen LogP contribution in [0.15, 0.2) is 18.2 Å². The van der Waals surface area contributed by atoms with Crippen molar-refractivity contribution < 1.29 is 14.2 Å². The lowest BCUT2D eigenvalue weighted by atomic mass is 10.2. The van der Waals surface area contributed by atoms with Crippen LogP contribution in [0.25, 0.3) is 0 Å². The highest BCUT2D eigenvalue weighted by Gasteiger charge is 2.12. The van der Waals surface area contributed by atoms with Gasteiger partial charge in [-0.2, -0.15) is 0 Å². The molecule has 0 aliphatic heterocycles. The Kier molecular flexibility index (Phi) is 4.92. The Labute approximate surface area is 96.3 Å². The quantitative estimate of drug-likeness (QED) is 0.802. The first-order chi connectivity index (χ1) is 7.72. The van der Waals surface area contributed by atoms with E-state index in [1.807, 2.05) is 25.1 Å². The first kappa shape index (κ1) is 12.6. The molecule has 0 bridgehead atoms. The van der Waals surface area contributed by atoms with Crippen LogP contribution in [0.3, 0.4) is 0 Å². The summed E-state index contributed by atoms with van der Waals surface area (Å²) in [5.41, 5.74) is 5.47. The third kappa shape index (κ3) is 3.03. The monoisotopic (exact) mass is 225 g/mol. The maximum absolute atomic E-state index is 5.73. The van der Waals surface area contributed by atoms with E-state index in [2.05, 4.69) is 0 Å². The fourth-order valence-corrected chi connectivity index (χ4v) is 1.46. The topological polar surface area (TPSA) is 53.7 Å². The van der Waals surface area contributed by atoms with Gasteiger partial charge in [0.05, 0.1) is 20.3 Å². The maximum atomic E-state index is 5.73. The minimum absolute atomic E-state index is 0.0611. The van der Waals surface area contributed by atoms with Gasteiger partial charge in [0.1, 0.15) is 0 Å². The molecule has 4 heteroatoms. The zero-order chi connectivity index (χ0) is 12.0. The predicted molar refractivity (Wildman–Crippen MR) is 63.3 cm³/mol. The van der Waals surface area contributed by atoms with Gasteiger partial charge in [0, 0.05) is 0 Å². The number of ether oxygens (including phenoxy) is 3. The molecule has 0 aliphatic carbocycles. The molecule has 16 heavy (non-hydrogen) atoms. The van der Waals surface area contributed by atoms with Gasteiger partial charge < -0.3 is 19.9 Å². The molecule has 0 aromatic heterocycles. The smallest absolute Gasteiger partial charge is 0.203 e. The summed E-state index contributed by atoms with van der Waals surface area (Å²) in [6.07, 6.45) is 0.867. The Hall–Kier alpha value is -1.42. The van der Waals surface area contributed by atoms with E-state index in [1.54, 1.807) is 14.2 Å². The SMILES string of the molecule is COc1cccc(OC(C)CCN)c1OC. The Bertz CT molecular complexity index is 328. The summed E-state index contributed by atoms with van der Waals surface area (Å²) in [5.74, 6) is 1.97. The number of nitrogens with two attached hydrogens (primary N) is 1. The van der Waals surface area contributed by atoms with Gasteiger partial charge in [-0.1, -0.05) is 6.07 Å². The van der Waals surface area contributed by atoms with Gasteiger partial charge >= 0.3 is 0 Å². The zero-order valence-electron chi connectivity index (χ0n) is 10.0. The molecule has 0 saturated heterocycles. The normalized spacial score (nSPS) is 12.0. The second-order valence-corrected chi connectivity index (χ2v) is 3.50. The number of benzene rings is 1. The highest BCUT2D eigenvalue weighted by molar-refractivity contribution is 5.51. The molecule has 1 atom stereocenters. The van der Waals surface area contributed by atoms with Gasteiger partial charge in [0.2, 0.25) is 5.75 Å². The van der Waals surface area contributed by atoms with Crippen molar-refractivity contribution in [2.75, 3.05) is 20.8 Å². The van der Waals surface area contributed by atoms with Crippen molar-refractivity contribution in [1.29, 1.82) is 0 Å². The summed E-state index contributed by atoms with van der Waals surface area (Å²) in [4.78, 5) is 0. The molecule has 0 radical (unpaired) electrons. The standard InChI is InChI=1S/C12H19NO3/c1-9(7-8-13)16-11-6-4-5-10(14-2)12(11)15-3/h4-6,9H,7-8,13H2,1-3H3. The maximum Gasteiger partial charge on any atom is 0.203 e. The lowest BCUT2D eigenvalue weighted by Crippen LogP contribution is -2.17. The lowest BCUT2D eigenvalue weighted by Gasteiger charge is -2.17. The predicted octanol–water partition coefficient (Wildman–Crippen LogP) is 1.82. The van der Waals surface area contributed by atoms with E-state index in [0.717, 1.165) is 6.42 Å². The van der Waals surface area contributed by atoms with Crippen LogP contribution in [0.1, 0.15) is 13.3 Å². The molecule has 0 amide bonds. The van der Waals surface area contributed by atoms with Crippen LogP contribution in [0, 0.1) is 0 Å². The van der Waals surface area contributed by atoms with E-state index in [9.17, 15) is 0 Å². The number of para-hydroxylation sites is 1. The van der Waals surface area contributed by atoms with Crippen molar-refractivity contribution in [3.8, 4) is 17.2 Å². The number of rotatable bonds is 6. The first-order valence-corrected chi connectivity index (χ1v) is 5.30. The van der Waals surface area contributed by atoms with E-state index in [4.69, 9.17) is 19.9 Å². The fraction of sp³-hybridized carbons (Fsp3) is 0.500. The van der Waals surface area contributed by atoms with Crippen molar-refractivity contribution in [3.05, 3.63) is 18.2 Å². The van der Waals surface area contributed by atoms with Crippen LogP contribution < -0.4 is 19.9 Å². The average Bonchev–Trinajstić information content (AvgIpc) is 2.29. The van der Waals surface area contributed by atoms with Crippen LogP contribution in [0.5, 0.6) is 17.2 Å². The molecule has 0 heterocycles. The van der Waals surface area contributed by atoms with Crippen LogP contribution in [0.4, 0.5) is 0 Å². The Morgan fingerprint density at radius 3 is 2.44 bits per heavy atom. The van der Waals surface area contributed by atoms with E-state index in [1.165, 1.54) is 0 Å². The van der Waals surface area contributed by atoms with E-state index in [-0.39, 0.29) is 6.10 Å². The van der Waals surface area contributed by atoms with Gasteiger partial charge in [0.25, 0.3) is 0 Å². The van der Waals surface area contributed by atoms with Crippen molar-refractivity contribution in [2.24, 2.45) is 5.73 Å². The molecular weight excluding hydrogens is 206 g/mol. The molecule has 0 saturated carbocycles. The highest BCUT2D eigenvalue weighted by atomic mass is 16.5. The minimum atomic E-state index is 0.0611. The lowest BCUT2D eigenvalue weighted by molar-refractivity contribution is 0.202. The highest BCUT2D eigenvalue weighted by Crippen LogP contribution is 2.37. The van der Waals surface area contributed by atoms with Crippen LogP contribution in [-0.4, -0.2) is 26.9 Å². The van der Waals surface area contributed by atoms with Gasteiger partial charge in [0.15, 0.2) is 11.5 Å². The summed E-state index contributed by atoms with van der Waals surface area (Å²) in [5, 5.41) is 0. The van der Waals surface area contributed by atoms with Crippen molar-refractivity contribution in [2.45, 2.75) is 19.4 Å². The summed E-state index contributed by atoms with van der Waals surface area (Å²) >= 11 is 0. The van der Waals surface area contributed by atoms with Crippen LogP contribution in [0.2, 0.25) is 0 Å². The molecule has 1 aromatic carbocycles. The Balaban J connectivity index is 2.86. The summed E-state index contributed by atoms with van der Waals surface area (Å²) < 4.78 is 16.2. The Morgan fingerprint density at radius 1 is 1.19 bits per heavy atom. The summed E-state index contributed by atoms with van der Waals surface area (Å²) in [7, 11) is 3.20. The molecule has 1 unspecified atom stereocenters. The van der Waals surface area contributed by atoms with Crippen molar-refractivity contribution in [1.82, 2.24) is 0 Å². The molecule has 90 valence electrons. The largest absolute Gasteiger partial charge is 0.493 e. The second kappa shape index (κ2) is 6.23. The van der Waals surface area contributed by atoms with Crippen molar-refractivity contribution in [3.63, 3.8) is 0 Å². The first-order valence-electron chi connectivity index (χ1n) is 5.30. The van der Waals surface area contributed by atoms with E-state index < -0.39 is 0 Å². The number of hydrogen-bond donors (Lipinski definition) is 1. The summed E-state index contributed by atoms with van der Waals surface area (Å²) in [6, 6.07) is 5.56.